The molecule has 0 spiro atoms. The number of nitrogens with one attached hydrogen (secondary N) is 1. The van der Waals surface area contributed by atoms with Gasteiger partial charge >= 0.3 is 6.09 Å². The fraction of sp³-hybridized carbons (Fsp3) is 0.118. The summed E-state index contributed by atoms with van der Waals surface area (Å²) in [5.74, 6) is 6.06. The molecule has 3 N–H and O–H groups in total. The molecule has 0 heterocycles. The maximum Gasteiger partial charge on any atom is 0.405 e. The Bertz CT molecular complexity index is 671. The van der Waals surface area contributed by atoms with E-state index in [0.29, 0.717) is 5.56 Å². The van der Waals surface area contributed by atoms with Gasteiger partial charge in [-0.1, -0.05) is 42.2 Å². The molecule has 4 nitrogen and oxygen atoms in total. The molecule has 2 rings (SSSR count). The third kappa shape index (κ3) is 4.37. The van der Waals surface area contributed by atoms with Gasteiger partial charge in [0.1, 0.15) is 0 Å². The van der Waals surface area contributed by atoms with Crippen LogP contribution in [0.15, 0.2) is 54.6 Å². The summed E-state index contributed by atoms with van der Waals surface area (Å²) in [7, 11) is 0. The topological polar surface area (TPSA) is 69.6 Å². The zero-order chi connectivity index (χ0) is 15.1. The fourth-order valence-corrected chi connectivity index (χ4v) is 1.88. The number of aliphatic hydroxyl groups excluding tert-OH is 1. The van der Waals surface area contributed by atoms with Crippen molar-refractivity contribution < 1.29 is 15.0 Å². The van der Waals surface area contributed by atoms with Crippen LogP contribution in [-0.2, 0) is 0 Å². The third-order valence-corrected chi connectivity index (χ3v) is 2.89. The van der Waals surface area contributed by atoms with Crippen molar-refractivity contribution in [3.05, 3.63) is 71.3 Å². The minimum atomic E-state index is -1.17. The van der Waals surface area contributed by atoms with Crippen LogP contribution in [-0.4, -0.2) is 22.9 Å². The normalized spacial score (nSPS) is 11.1. The lowest BCUT2D eigenvalue weighted by molar-refractivity contribution is 0.177. The first kappa shape index (κ1) is 14.6. The number of carboxylic acid groups (broad SMARTS) is 1. The summed E-state index contributed by atoms with van der Waals surface area (Å²) in [5.41, 5.74) is 2.35. The van der Waals surface area contributed by atoms with Gasteiger partial charge in [-0.2, -0.15) is 0 Å². The highest BCUT2D eigenvalue weighted by molar-refractivity contribution is 5.65. The zero-order valence-corrected chi connectivity index (χ0v) is 11.3. The van der Waals surface area contributed by atoms with Crippen LogP contribution in [0.1, 0.15) is 22.7 Å². The van der Waals surface area contributed by atoms with E-state index in [1.165, 1.54) is 0 Å². The van der Waals surface area contributed by atoms with Gasteiger partial charge in [0.25, 0.3) is 0 Å². The molecule has 4 heteroatoms. The summed E-state index contributed by atoms with van der Waals surface area (Å²) < 4.78 is 0. The summed E-state index contributed by atoms with van der Waals surface area (Å²) in [6.45, 7) is -0.304. The van der Waals surface area contributed by atoms with Crippen molar-refractivity contribution in [2.24, 2.45) is 0 Å². The molecule has 0 aliphatic carbocycles. The molecule has 1 atom stereocenters. The van der Waals surface area contributed by atoms with Gasteiger partial charge in [-0.3, -0.25) is 0 Å². The predicted octanol–water partition coefficient (Wildman–Crippen LogP) is 2.39. The predicted molar refractivity (Wildman–Crippen MR) is 79.9 cm³/mol. The zero-order valence-electron chi connectivity index (χ0n) is 11.3. The number of amides is 1. The molecule has 2 aromatic carbocycles. The number of aliphatic hydroxyl groups is 1. The monoisotopic (exact) mass is 281 g/mol. The van der Waals surface area contributed by atoms with Crippen molar-refractivity contribution in [2.45, 2.75) is 6.04 Å². The summed E-state index contributed by atoms with van der Waals surface area (Å²) in [5, 5.41) is 20.3. The second-order valence-electron chi connectivity index (χ2n) is 4.43. The lowest BCUT2D eigenvalue weighted by Crippen LogP contribution is -2.29. The van der Waals surface area contributed by atoms with E-state index in [1.807, 2.05) is 36.4 Å². The molecule has 0 fully saturated rings. The minimum absolute atomic E-state index is 0.304. The van der Waals surface area contributed by atoms with Crippen LogP contribution in [0.4, 0.5) is 4.79 Å². The Labute approximate surface area is 123 Å². The van der Waals surface area contributed by atoms with Gasteiger partial charge in [0.2, 0.25) is 0 Å². The maximum atomic E-state index is 10.7. The molecule has 1 unspecified atom stereocenters. The molecule has 0 saturated heterocycles. The fourth-order valence-electron chi connectivity index (χ4n) is 1.88. The maximum absolute atomic E-state index is 10.7. The second-order valence-corrected chi connectivity index (χ2v) is 4.43. The van der Waals surface area contributed by atoms with Crippen LogP contribution in [0.3, 0.4) is 0 Å². The van der Waals surface area contributed by atoms with Gasteiger partial charge in [0, 0.05) is 11.1 Å². The molecule has 0 saturated carbocycles. The van der Waals surface area contributed by atoms with Crippen LogP contribution in [0.2, 0.25) is 0 Å². The van der Waals surface area contributed by atoms with Crippen molar-refractivity contribution in [3.63, 3.8) is 0 Å². The number of carbonyl (C=O) groups is 1. The molecule has 106 valence electrons. The molecule has 0 aliphatic heterocycles. The van der Waals surface area contributed by atoms with Gasteiger partial charge in [-0.05, 0) is 29.8 Å². The summed E-state index contributed by atoms with van der Waals surface area (Å²) in [6, 6.07) is 16.1. The van der Waals surface area contributed by atoms with Crippen molar-refractivity contribution in [1.29, 1.82) is 0 Å². The largest absolute Gasteiger partial charge is 0.465 e. The summed E-state index contributed by atoms with van der Waals surface area (Å²) in [4.78, 5) is 10.7. The molecule has 0 aliphatic rings. The second kappa shape index (κ2) is 7.13. The highest BCUT2D eigenvalue weighted by Crippen LogP contribution is 2.14. The van der Waals surface area contributed by atoms with Crippen LogP contribution >= 0.6 is 0 Å². The van der Waals surface area contributed by atoms with Crippen LogP contribution in [0.5, 0.6) is 0 Å². The van der Waals surface area contributed by atoms with E-state index in [9.17, 15) is 9.90 Å². The Morgan fingerprint density at radius 2 is 1.71 bits per heavy atom. The molecule has 2 aromatic rings. The third-order valence-electron chi connectivity index (χ3n) is 2.89. The minimum Gasteiger partial charge on any atom is -0.465 e. The first-order valence-electron chi connectivity index (χ1n) is 6.46. The number of benzene rings is 2. The van der Waals surface area contributed by atoms with Crippen molar-refractivity contribution >= 4 is 6.09 Å². The van der Waals surface area contributed by atoms with E-state index in [4.69, 9.17) is 5.11 Å². The SMILES string of the molecule is O=C(O)NC(CO)c1cccc(C#Cc2ccccc2)c1. The van der Waals surface area contributed by atoms with Gasteiger partial charge in [-0.15, -0.1) is 0 Å². The van der Waals surface area contributed by atoms with Gasteiger partial charge in [0.15, 0.2) is 0 Å². The Balaban J connectivity index is 2.22. The quantitative estimate of drug-likeness (QED) is 0.757. The van der Waals surface area contributed by atoms with E-state index in [0.717, 1.165) is 11.1 Å². The number of hydrogen-bond donors (Lipinski definition) is 3. The van der Waals surface area contributed by atoms with E-state index in [1.54, 1.807) is 18.2 Å². The highest BCUT2D eigenvalue weighted by atomic mass is 16.4. The number of hydrogen-bond acceptors (Lipinski definition) is 2. The molecule has 0 radical (unpaired) electrons. The Kier molecular flexibility index (Phi) is 4.97. The molecule has 0 aromatic heterocycles. The average Bonchev–Trinajstić information content (AvgIpc) is 2.52. The summed E-state index contributed by atoms with van der Waals surface area (Å²) in [6.07, 6.45) is -1.17. The van der Waals surface area contributed by atoms with Gasteiger partial charge < -0.3 is 15.5 Å². The van der Waals surface area contributed by atoms with Crippen LogP contribution in [0.25, 0.3) is 0 Å². The smallest absolute Gasteiger partial charge is 0.405 e. The average molecular weight is 281 g/mol. The Morgan fingerprint density at radius 1 is 1.05 bits per heavy atom. The van der Waals surface area contributed by atoms with Crippen molar-refractivity contribution in [1.82, 2.24) is 5.32 Å². The molecule has 1 amide bonds. The first-order valence-corrected chi connectivity index (χ1v) is 6.46. The molecule has 0 bridgehead atoms. The lowest BCUT2D eigenvalue weighted by atomic mass is 10.0. The molecular weight excluding hydrogens is 266 g/mol. The van der Waals surface area contributed by atoms with Crippen LogP contribution < -0.4 is 5.32 Å². The Hall–Kier alpha value is -2.77. The standard InChI is InChI=1S/C17H15NO3/c19-12-16(18-17(20)21)15-8-4-7-14(11-15)10-9-13-5-2-1-3-6-13/h1-8,11,16,18-19H,12H2,(H,20,21). The number of rotatable bonds is 3. The molecule has 21 heavy (non-hydrogen) atoms. The van der Waals surface area contributed by atoms with E-state index in [-0.39, 0.29) is 6.61 Å². The van der Waals surface area contributed by atoms with Gasteiger partial charge in [0.05, 0.1) is 12.6 Å². The van der Waals surface area contributed by atoms with E-state index >= 15 is 0 Å². The van der Waals surface area contributed by atoms with Gasteiger partial charge in [-0.25, -0.2) is 4.79 Å². The highest BCUT2D eigenvalue weighted by Gasteiger charge is 2.12. The first-order chi connectivity index (χ1) is 10.2. The van der Waals surface area contributed by atoms with Crippen LogP contribution in [0, 0.1) is 11.8 Å². The van der Waals surface area contributed by atoms with E-state index < -0.39 is 12.1 Å². The van der Waals surface area contributed by atoms with Crippen molar-refractivity contribution in [2.75, 3.05) is 6.61 Å². The van der Waals surface area contributed by atoms with Crippen molar-refractivity contribution in [3.8, 4) is 11.8 Å². The van der Waals surface area contributed by atoms with E-state index in [2.05, 4.69) is 17.2 Å². The molecular formula is C17H15NO3. The lowest BCUT2D eigenvalue weighted by Gasteiger charge is -2.14. The summed E-state index contributed by atoms with van der Waals surface area (Å²) >= 11 is 0. The Morgan fingerprint density at radius 3 is 2.38 bits per heavy atom.